The lowest BCUT2D eigenvalue weighted by Crippen LogP contribution is -2.32. The molecule has 0 spiro atoms. The third-order valence-corrected chi connectivity index (χ3v) is 9.31. The van der Waals surface area contributed by atoms with Gasteiger partial charge in [-0.15, -0.1) is 0 Å². The molecule has 62 heavy (non-hydrogen) atoms. The molecule has 3 atom stereocenters. The Hall–Kier alpha value is -7.63. The van der Waals surface area contributed by atoms with E-state index >= 15 is 0 Å². The number of benzene rings is 4. The third-order valence-electron chi connectivity index (χ3n) is 9.31. The van der Waals surface area contributed by atoms with E-state index in [9.17, 15) is 27.6 Å². The zero-order valence-corrected chi connectivity index (χ0v) is 32.8. The van der Waals surface area contributed by atoms with E-state index in [4.69, 9.17) is 35.6 Å². The quantitative estimate of drug-likeness (QED) is 0.0849. The number of furan rings is 1. The summed E-state index contributed by atoms with van der Waals surface area (Å²) in [6.07, 6.45) is -2.39. The Bertz CT molecular complexity index is 2620. The Balaban J connectivity index is 0.000000214. The highest BCUT2D eigenvalue weighted by Gasteiger charge is 2.45. The first-order valence-electron chi connectivity index (χ1n) is 18.8. The highest BCUT2D eigenvalue weighted by molar-refractivity contribution is 5.96. The Morgan fingerprint density at radius 2 is 1.37 bits per heavy atom. The summed E-state index contributed by atoms with van der Waals surface area (Å²) in [5.41, 5.74) is 16.3. The predicted octanol–water partition coefficient (Wildman–Crippen LogP) is 7.24. The summed E-state index contributed by atoms with van der Waals surface area (Å²) >= 11 is 0. The van der Waals surface area contributed by atoms with Crippen molar-refractivity contribution in [1.29, 1.82) is 0 Å². The number of carboxylic acid groups (broad SMARTS) is 2. The first kappa shape index (κ1) is 43.9. The average Bonchev–Trinajstić information content (AvgIpc) is 3.98. The van der Waals surface area contributed by atoms with Crippen LogP contribution in [-0.2, 0) is 22.4 Å². The zero-order valence-electron chi connectivity index (χ0n) is 32.8. The smallest absolute Gasteiger partial charge is 0.432 e. The number of methoxy groups -OCH3 is 1. The van der Waals surface area contributed by atoms with Gasteiger partial charge in [0.2, 0.25) is 5.88 Å². The normalized spacial score (nSPS) is 12.6. The number of nitrogens with zero attached hydrogens (tertiary/aromatic N) is 4. The van der Waals surface area contributed by atoms with Crippen LogP contribution in [-0.4, -0.2) is 73.2 Å². The van der Waals surface area contributed by atoms with Crippen molar-refractivity contribution in [2.45, 2.75) is 37.2 Å². The molecule has 14 nitrogen and oxygen atoms in total. The standard InChI is InChI=1S/C25H20F3N3O4.C20H19N3O4/c26-25(27,28)23(21-11-10-20(34-21)17-4-2-1-3-5-17)35-22-13-19(30-14-31-22)16-8-6-15(7-9-16)12-18(29)24(32)33;1-27-17-4-2-3-15(10-17)19(24)23-12-16(11-22-23)14-7-5-13(6-8-14)9-18(21)20(25)26/h1-11,13-14,18,23H,12,29H2,(H,32,33);2-8,10-12,18H,9,21H2,1H3,(H,25,26)/t18-,23?;18-/m00/s1. The number of carboxylic acids is 2. The fourth-order valence-corrected chi connectivity index (χ4v) is 6.02. The topological polar surface area (TPSA) is 219 Å². The Labute approximate surface area is 352 Å². The van der Waals surface area contributed by atoms with Crippen LogP contribution in [0.5, 0.6) is 11.6 Å². The number of alkyl halides is 3. The lowest BCUT2D eigenvalue weighted by Gasteiger charge is -2.19. The van der Waals surface area contributed by atoms with Gasteiger partial charge >= 0.3 is 18.1 Å². The predicted molar refractivity (Wildman–Crippen MR) is 220 cm³/mol. The van der Waals surface area contributed by atoms with Gasteiger partial charge in [-0.3, -0.25) is 14.4 Å². The fraction of sp³-hybridized carbons (Fsp3) is 0.156. The monoisotopic (exact) mass is 848 g/mol. The summed E-state index contributed by atoms with van der Waals surface area (Å²) in [5, 5.41) is 22.0. The molecule has 318 valence electrons. The maximum absolute atomic E-state index is 13.9. The minimum atomic E-state index is -4.76. The van der Waals surface area contributed by atoms with E-state index < -0.39 is 42.1 Å². The molecule has 3 aromatic heterocycles. The van der Waals surface area contributed by atoms with E-state index in [1.54, 1.807) is 98.4 Å². The lowest BCUT2D eigenvalue weighted by atomic mass is 10.0. The van der Waals surface area contributed by atoms with Crippen molar-refractivity contribution in [1.82, 2.24) is 19.7 Å². The third kappa shape index (κ3) is 11.3. The molecule has 7 rings (SSSR count). The number of ether oxygens (including phenoxy) is 2. The number of nitrogens with two attached hydrogens (primary N) is 2. The minimum Gasteiger partial charge on any atom is -0.497 e. The highest BCUT2D eigenvalue weighted by Crippen LogP contribution is 2.39. The minimum absolute atomic E-state index is 0.134. The number of carbonyl (C=O) groups excluding carboxylic acids is 1. The highest BCUT2D eigenvalue weighted by atomic mass is 19.4. The van der Waals surface area contributed by atoms with Crippen molar-refractivity contribution in [2.24, 2.45) is 11.5 Å². The van der Waals surface area contributed by atoms with Crippen LogP contribution in [0.15, 0.2) is 144 Å². The van der Waals surface area contributed by atoms with Crippen LogP contribution in [0.4, 0.5) is 13.2 Å². The van der Waals surface area contributed by atoms with Crippen LogP contribution in [0.2, 0.25) is 0 Å². The molecule has 6 N–H and O–H groups in total. The molecule has 0 aliphatic carbocycles. The molecule has 0 bridgehead atoms. The molecule has 0 radical (unpaired) electrons. The molecular weight excluding hydrogens is 810 g/mol. The van der Waals surface area contributed by atoms with Crippen molar-refractivity contribution < 1.29 is 51.7 Å². The van der Waals surface area contributed by atoms with E-state index in [-0.39, 0.29) is 30.4 Å². The molecule has 0 saturated heterocycles. The summed E-state index contributed by atoms with van der Waals surface area (Å²) in [6.45, 7) is 0. The van der Waals surface area contributed by atoms with E-state index in [2.05, 4.69) is 15.1 Å². The molecule has 0 aliphatic heterocycles. The van der Waals surface area contributed by atoms with Crippen LogP contribution in [0.1, 0.15) is 33.3 Å². The van der Waals surface area contributed by atoms with Crippen molar-refractivity contribution in [3.8, 4) is 45.3 Å². The molecule has 0 amide bonds. The van der Waals surface area contributed by atoms with Gasteiger partial charge in [0.1, 0.15) is 29.9 Å². The van der Waals surface area contributed by atoms with Crippen molar-refractivity contribution >= 4 is 17.8 Å². The number of aliphatic carboxylic acids is 2. The summed E-state index contributed by atoms with van der Waals surface area (Å²) in [5.74, 6) is -2.21. The number of rotatable bonds is 14. The zero-order chi connectivity index (χ0) is 44.4. The average molecular weight is 849 g/mol. The van der Waals surface area contributed by atoms with Gasteiger partial charge in [0.25, 0.3) is 12.0 Å². The van der Waals surface area contributed by atoms with Crippen molar-refractivity contribution in [2.75, 3.05) is 7.11 Å². The molecule has 0 saturated carbocycles. The second-order valence-corrected chi connectivity index (χ2v) is 13.8. The SMILES string of the molecule is COc1cccc(C(=O)n2cc(-c3ccc(C[C@H](N)C(=O)O)cc3)cn2)c1.N[C@@H](Cc1ccc(-c2cc(OC(c3ccc(-c4ccccc4)o3)C(F)(F)F)ncn2)cc1)C(=O)O. The van der Waals surface area contributed by atoms with Crippen LogP contribution >= 0.6 is 0 Å². The van der Waals surface area contributed by atoms with Crippen molar-refractivity contribution in [3.63, 3.8) is 0 Å². The summed E-state index contributed by atoms with van der Waals surface area (Å²) in [7, 11) is 1.54. The van der Waals surface area contributed by atoms with Crippen LogP contribution in [0.25, 0.3) is 33.7 Å². The molecule has 0 fully saturated rings. The van der Waals surface area contributed by atoms with Gasteiger partial charge in [-0.1, -0.05) is 84.9 Å². The Kier molecular flexibility index (Phi) is 13.9. The maximum atomic E-state index is 13.9. The number of aromatic nitrogens is 4. The van der Waals surface area contributed by atoms with E-state index in [1.807, 2.05) is 24.3 Å². The largest absolute Gasteiger partial charge is 0.497 e. The Morgan fingerprint density at radius 1 is 0.742 bits per heavy atom. The van der Waals surface area contributed by atoms with Gasteiger partial charge in [0.15, 0.2) is 5.76 Å². The van der Waals surface area contributed by atoms with Gasteiger partial charge in [-0.25, -0.2) is 14.6 Å². The van der Waals surface area contributed by atoms with Crippen LogP contribution in [0.3, 0.4) is 0 Å². The first-order valence-corrected chi connectivity index (χ1v) is 18.8. The fourth-order valence-electron chi connectivity index (χ4n) is 6.02. The summed E-state index contributed by atoms with van der Waals surface area (Å²) in [6, 6.07) is 31.6. The van der Waals surface area contributed by atoms with Gasteiger partial charge in [0, 0.05) is 34.5 Å². The molecule has 7 aromatic rings. The lowest BCUT2D eigenvalue weighted by molar-refractivity contribution is -0.203. The molecule has 1 unspecified atom stereocenters. The number of hydrogen-bond donors (Lipinski definition) is 4. The van der Waals surface area contributed by atoms with E-state index in [0.29, 0.717) is 33.7 Å². The molecule has 17 heteroatoms. The number of carbonyl (C=O) groups is 3. The van der Waals surface area contributed by atoms with Gasteiger partial charge in [-0.05, 0) is 59.9 Å². The van der Waals surface area contributed by atoms with Gasteiger partial charge in [0.05, 0.1) is 19.0 Å². The molecule has 4 aromatic carbocycles. The van der Waals surface area contributed by atoms with Crippen molar-refractivity contribution in [3.05, 3.63) is 162 Å². The summed E-state index contributed by atoms with van der Waals surface area (Å²) in [4.78, 5) is 42.3. The second-order valence-electron chi connectivity index (χ2n) is 13.8. The number of hydrogen-bond acceptors (Lipinski definition) is 11. The first-order chi connectivity index (χ1) is 29.7. The maximum Gasteiger partial charge on any atom is 0.432 e. The molecule has 0 aliphatic rings. The van der Waals surface area contributed by atoms with E-state index in [0.717, 1.165) is 23.0 Å². The molecule has 3 heterocycles. The molecular formula is C45H39F3N6O8. The van der Waals surface area contributed by atoms with Crippen LogP contribution in [0, 0.1) is 0 Å². The second kappa shape index (κ2) is 19.6. The number of halogens is 3. The summed E-state index contributed by atoms with van der Waals surface area (Å²) < 4.78 is 58.7. The van der Waals surface area contributed by atoms with Crippen LogP contribution < -0.4 is 20.9 Å². The Morgan fingerprint density at radius 3 is 1.97 bits per heavy atom. The van der Waals surface area contributed by atoms with Gasteiger partial charge < -0.3 is 35.6 Å². The van der Waals surface area contributed by atoms with Gasteiger partial charge in [-0.2, -0.15) is 18.3 Å². The van der Waals surface area contributed by atoms with E-state index in [1.165, 1.54) is 22.9 Å².